The lowest BCUT2D eigenvalue weighted by atomic mass is 10.00. The highest BCUT2D eigenvalue weighted by atomic mass is 16.5. The average Bonchev–Trinajstić information content (AvgIpc) is 2.19. The summed E-state index contributed by atoms with van der Waals surface area (Å²) in [5.41, 5.74) is 0. The molecule has 1 atom stereocenters. The third-order valence-electron chi connectivity index (χ3n) is 2.53. The highest BCUT2D eigenvalue weighted by Crippen LogP contribution is 2.07. The molecule has 13 heavy (non-hydrogen) atoms. The van der Waals surface area contributed by atoms with Gasteiger partial charge in [-0.15, -0.1) is 0 Å². The number of hydrogen-bond donors (Lipinski definition) is 2. The van der Waals surface area contributed by atoms with Crippen LogP contribution < -0.4 is 10.6 Å². The number of hydrogen-bond acceptors (Lipinski definition) is 3. The molecule has 3 heteroatoms. The molecular weight excluding hydrogens is 164 g/mol. The molecule has 0 bridgehead atoms. The molecule has 1 saturated heterocycles. The van der Waals surface area contributed by atoms with Crippen LogP contribution in [0.3, 0.4) is 0 Å². The van der Waals surface area contributed by atoms with Gasteiger partial charge in [-0.2, -0.15) is 0 Å². The third-order valence-corrected chi connectivity index (χ3v) is 2.53. The standard InChI is InChI=1S/C10H22N2O/c1-13-7-3-6-12-9-10-4-2-5-11-8-10/h10-12H,2-9H2,1H3. The largest absolute Gasteiger partial charge is 0.385 e. The summed E-state index contributed by atoms with van der Waals surface area (Å²) in [7, 11) is 1.76. The first kappa shape index (κ1) is 11.0. The summed E-state index contributed by atoms with van der Waals surface area (Å²) in [5.74, 6) is 0.844. The van der Waals surface area contributed by atoms with E-state index in [9.17, 15) is 0 Å². The molecule has 1 aliphatic rings. The Morgan fingerprint density at radius 1 is 1.54 bits per heavy atom. The van der Waals surface area contributed by atoms with E-state index in [1.165, 1.54) is 25.9 Å². The zero-order valence-corrected chi connectivity index (χ0v) is 8.64. The fraction of sp³-hybridized carbons (Fsp3) is 1.00. The Bertz CT molecular complexity index is 113. The molecule has 0 amide bonds. The highest BCUT2D eigenvalue weighted by molar-refractivity contribution is 4.70. The first-order valence-corrected chi connectivity index (χ1v) is 5.34. The van der Waals surface area contributed by atoms with Crippen LogP contribution in [-0.2, 0) is 4.74 Å². The lowest BCUT2D eigenvalue weighted by Crippen LogP contribution is -2.36. The van der Waals surface area contributed by atoms with E-state index in [4.69, 9.17) is 4.74 Å². The molecule has 0 aromatic heterocycles. The molecule has 78 valence electrons. The molecule has 3 nitrogen and oxygen atoms in total. The van der Waals surface area contributed by atoms with Crippen molar-refractivity contribution < 1.29 is 4.74 Å². The molecule has 1 unspecified atom stereocenters. The minimum atomic E-state index is 0.844. The molecule has 0 aromatic carbocycles. The van der Waals surface area contributed by atoms with Gasteiger partial charge >= 0.3 is 0 Å². The molecule has 0 aromatic rings. The summed E-state index contributed by atoms with van der Waals surface area (Å²) in [6.07, 6.45) is 3.84. The Kier molecular flexibility index (Phi) is 6.15. The van der Waals surface area contributed by atoms with Gasteiger partial charge in [-0.3, -0.25) is 0 Å². The summed E-state index contributed by atoms with van der Waals surface area (Å²) in [5, 5.41) is 6.89. The summed E-state index contributed by atoms with van der Waals surface area (Å²) < 4.78 is 4.98. The summed E-state index contributed by atoms with van der Waals surface area (Å²) in [6.45, 7) is 5.52. The van der Waals surface area contributed by atoms with Gasteiger partial charge in [-0.1, -0.05) is 0 Å². The third kappa shape index (κ3) is 5.24. The molecule has 0 saturated carbocycles. The maximum Gasteiger partial charge on any atom is 0.0474 e. The molecule has 1 heterocycles. The Balaban J connectivity index is 1.86. The molecule has 0 radical (unpaired) electrons. The SMILES string of the molecule is COCCCNCC1CCCNC1. The molecular formula is C10H22N2O. The van der Waals surface area contributed by atoms with Gasteiger partial charge in [-0.05, 0) is 51.4 Å². The maximum absolute atomic E-state index is 4.98. The smallest absolute Gasteiger partial charge is 0.0474 e. The summed E-state index contributed by atoms with van der Waals surface area (Å²) in [6, 6.07) is 0. The number of piperidine rings is 1. The van der Waals surface area contributed by atoms with Crippen molar-refractivity contribution in [2.45, 2.75) is 19.3 Å². The van der Waals surface area contributed by atoms with E-state index < -0.39 is 0 Å². The van der Waals surface area contributed by atoms with Crippen molar-refractivity contribution in [2.75, 3.05) is 39.9 Å². The monoisotopic (exact) mass is 186 g/mol. The van der Waals surface area contributed by atoms with Crippen LogP contribution in [0.5, 0.6) is 0 Å². The van der Waals surface area contributed by atoms with E-state index in [-0.39, 0.29) is 0 Å². The van der Waals surface area contributed by atoms with Crippen LogP contribution in [0.25, 0.3) is 0 Å². The van der Waals surface area contributed by atoms with E-state index in [2.05, 4.69) is 10.6 Å². The Morgan fingerprint density at radius 2 is 2.46 bits per heavy atom. The predicted octanol–water partition coefficient (Wildman–Crippen LogP) is 0.612. The van der Waals surface area contributed by atoms with E-state index >= 15 is 0 Å². The fourth-order valence-corrected chi connectivity index (χ4v) is 1.75. The van der Waals surface area contributed by atoms with Gasteiger partial charge in [0.25, 0.3) is 0 Å². The maximum atomic E-state index is 4.98. The zero-order chi connectivity index (χ0) is 9.36. The molecule has 0 aliphatic carbocycles. The molecule has 1 aliphatic heterocycles. The van der Waals surface area contributed by atoms with Gasteiger partial charge in [0.2, 0.25) is 0 Å². The van der Waals surface area contributed by atoms with E-state index in [1.54, 1.807) is 7.11 Å². The lowest BCUT2D eigenvalue weighted by molar-refractivity contribution is 0.193. The van der Waals surface area contributed by atoms with Crippen LogP contribution in [0, 0.1) is 5.92 Å². The average molecular weight is 186 g/mol. The number of nitrogens with one attached hydrogen (secondary N) is 2. The van der Waals surface area contributed by atoms with Crippen LogP contribution in [0.15, 0.2) is 0 Å². The molecule has 0 spiro atoms. The minimum absolute atomic E-state index is 0.844. The fourth-order valence-electron chi connectivity index (χ4n) is 1.75. The summed E-state index contributed by atoms with van der Waals surface area (Å²) >= 11 is 0. The van der Waals surface area contributed by atoms with Crippen molar-refractivity contribution in [1.29, 1.82) is 0 Å². The molecule has 1 fully saturated rings. The first-order chi connectivity index (χ1) is 6.43. The zero-order valence-electron chi connectivity index (χ0n) is 8.64. The Hall–Kier alpha value is -0.120. The van der Waals surface area contributed by atoms with E-state index in [0.717, 1.165) is 32.0 Å². The number of ether oxygens (including phenoxy) is 1. The van der Waals surface area contributed by atoms with E-state index in [0.29, 0.717) is 0 Å². The van der Waals surface area contributed by atoms with Crippen LogP contribution in [-0.4, -0.2) is 39.9 Å². The lowest BCUT2D eigenvalue weighted by Gasteiger charge is -2.22. The first-order valence-electron chi connectivity index (χ1n) is 5.34. The Morgan fingerprint density at radius 3 is 3.15 bits per heavy atom. The molecule has 2 N–H and O–H groups in total. The van der Waals surface area contributed by atoms with Gasteiger partial charge in [0.1, 0.15) is 0 Å². The van der Waals surface area contributed by atoms with Gasteiger partial charge < -0.3 is 15.4 Å². The number of methoxy groups -OCH3 is 1. The second-order valence-corrected chi connectivity index (χ2v) is 3.76. The highest BCUT2D eigenvalue weighted by Gasteiger charge is 2.11. The van der Waals surface area contributed by atoms with Gasteiger partial charge in [0, 0.05) is 13.7 Å². The van der Waals surface area contributed by atoms with Crippen LogP contribution in [0.1, 0.15) is 19.3 Å². The molecule has 1 rings (SSSR count). The van der Waals surface area contributed by atoms with Crippen molar-refractivity contribution in [3.05, 3.63) is 0 Å². The van der Waals surface area contributed by atoms with Crippen LogP contribution in [0.2, 0.25) is 0 Å². The number of rotatable bonds is 6. The second kappa shape index (κ2) is 7.30. The van der Waals surface area contributed by atoms with Crippen LogP contribution >= 0.6 is 0 Å². The van der Waals surface area contributed by atoms with E-state index in [1.807, 2.05) is 0 Å². The van der Waals surface area contributed by atoms with Crippen molar-refractivity contribution in [3.63, 3.8) is 0 Å². The van der Waals surface area contributed by atoms with Crippen LogP contribution in [0.4, 0.5) is 0 Å². The second-order valence-electron chi connectivity index (χ2n) is 3.76. The Labute approximate surface area is 81.2 Å². The topological polar surface area (TPSA) is 33.3 Å². The normalized spacial score (nSPS) is 23.3. The van der Waals surface area contributed by atoms with Gasteiger partial charge in [0.05, 0.1) is 0 Å². The van der Waals surface area contributed by atoms with Crippen molar-refractivity contribution in [3.8, 4) is 0 Å². The van der Waals surface area contributed by atoms with Gasteiger partial charge in [0.15, 0.2) is 0 Å². The van der Waals surface area contributed by atoms with Crippen molar-refractivity contribution in [1.82, 2.24) is 10.6 Å². The predicted molar refractivity (Wildman–Crippen MR) is 55.0 cm³/mol. The summed E-state index contributed by atoms with van der Waals surface area (Å²) in [4.78, 5) is 0. The minimum Gasteiger partial charge on any atom is -0.385 e. The quantitative estimate of drug-likeness (QED) is 0.596. The van der Waals surface area contributed by atoms with Gasteiger partial charge in [-0.25, -0.2) is 0 Å². The van der Waals surface area contributed by atoms with Crippen molar-refractivity contribution >= 4 is 0 Å². The van der Waals surface area contributed by atoms with Crippen molar-refractivity contribution in [2.24, 2.45) is 5.92 Å².